The number of hydrogen-bond acceptors (Lipinski definition) is 9. The van der Waals surface area contributed by atoms with E-state index >= 15 is 0 Å². The largest absolute Gasteiger partial charge is 0.477 e. The number of carbonyl (C=O) groups excluding carboxylic acids is 3. The molecule has 1 aromatic heterocycles. The number of aromatic nitrogens is 2. The van der Waals surface area contributed by atoms with Crippen molar-refractivity contribution < 1.29 is 33.9 Å². The van der Waals surface area contributed by atoms with Crippen molar-refractivity contribution in [2.24, 2.45) is 5.92 Å². The molecule has 2 aliphatic heterocycles. The minimum atomic E-state index is -1.32. The van der Waals surface area contributed by atoms with E-state index in [2.05, 4.69) is 10.4 Å². The Kier molecular flexibility index (Phi) is 6.52. The SMILES string of the molecule is CC(=O)OCC1=C(C(=O)O)N2C(=O)[C@H](NC(=O)[C@@H](C)Cn3nc([N+](=O)[O-])cc3C)[C@H]2SC1. The highest BCUT2D eigenvalue weighted by Gasteiger charge is 2.54. The number of nitrogens with one attached hydrogen (secondary N) is 1. The maximum Gasteiger partial charge on any atom is 0.390 e. The van der Waals surface area contributed by atoms with Crippen molar-refractivity contribution in [3.63, 3.8) is 0 Å². The molecular formula is C18H21N5O8S. The predicted octanol–water partition coefficient (Wildman–Crippen LogP) is 0.0375. The van der Waals surface area contributed by atoms with Crippen LogP contribution in [0, 0.1) is 23.0 Å². The lowest BCUT2D eigenvalue weighted by Crippen LogP contribution is -2.71. The van der Waals surface area contributed by atoms with Gasteiger partial charge in [-0.1, -0.05) is 6.92 Å². The number of carbonyl (C=O) groups is 4. The minimum absolute atomic E-state index is 0.0702. The van der Waals surface area contributed by atoms with Gasteiger partial charge in [0.15, 0.2) is 0 Å². The maximum absolute atomic E-state index is 12.6. The summed E-state index contributed by atoms with van der Waals surface area (Å²) in [7, 11) is 0. The predicted molar refractivity (Wildman–Crippen MR) is 109 cm³/mol. The van der Waals surface area contributed by atoms with Crippen molar-refractivity contribution >= 4 is 41.3 Å². The Morgan fingerprint density at radius 1 is 1.47 bits per heavy atom. The number of carboxylic acids is 1. The van der Waals surface area contributed by atoms with Crippen LogP contribution in [-0.4, -0.2) is 72.2 Å². The number of carboxylic acid groups (broad SMARTS) is 1. The van der Waals surface area contributed by atoms with E-state index in [9.17, 15) is 34.4 Å². The van der Waals surface area contributed by atoms with E-state index in [1.54, 1.807) is 13.8 Å². The molecule has 13 nitrogen and oxygen atoms in total. The second-order valence-corrected chi connectivity index (χ2v) is 8.52. The van der Waals surface area contributed by atoms with Gasteiger partial charge in [-0.15, -0.1) is 11.8 Å². The molecule has 0 aromatic carbocycles. The zero-order valence-electron chi connectivity index (χ0n) is 17.4. The van der Waals surface area contributed by atoms with Gasteiger partial charge in [0.2, 0.25) is 5.91 Å². The van der Waals surface area contributed by atoms with Gasteiger partial charge in [0.05, 0.1) is 29.3 Å². The highest BCUT2D eigenvalue weighted by atomic mass is 32.2. The highest BCUT2D eigenvalue weighted by molar-refractivity contribution is 8.00. The molecule has 1 aromatic rings. The number of aliphatic carboxylic acids is 1. The van der Waals surface area contributed by atoms with Gasteiger partial charge in [-0.2, -0.15) is 4.68 Å². The number of hydrogen-bond donors (Lipinski definition) is 2. The Balaban J connectivity index is 1.67. The van der Waals surface area contributed by atoms with Gasteiger partial charge in [-0.3, -0.25) is 19.3 Å². The number of β-lactam (4-membered cyclic amide) rings is 1. The summed E-state index contributed by atoms with van der Waals surface area (Å²) in [4.78, 5) is 59.4. The molecule has 0 unspecified atom stereocenters. The fourth-order valence-electron chi connectivity index (χ4n) is 3.39. The Bertz CT molecular complexity index is 1030. The normalized spacial score (nSPS) is 20.8. The summed E-state index contributed by atoms with van der Waals surface area (Å²) in [5.41, 5.74) is 0.579. The summed E-state index contributed by atoms with van der Waals surface area (Å²) in [6.07, 6.45) is 0. The number of esters is 1. The van der Waals surface area contributed by atoms with Crippen LogP contribution in [-0.2, 0) is 30.5 Å². The third-order valence-electron chi connectivity index (χ3n) is 5.05. The third-order valence-corrected chi connectivity index (χ3v) is 6.39. The molecule has 3 heterocycles. The van der Waals surface area contributed by atoms with Gasteiger partial charge < -0.3 is 25.3 Å². The van der Waals surface area contributed by atoms with Crippen LogP contribution in [0.4, 0.5) is 5.82 Å². The number of amides is 2. The van der Waals surface area contributed by atoms with Gasteiger partial charge in [0.1, 0.15) is 23.7 Å². The van der Waals surface area contributed by atoms with Crippen molar-refractivity contribution in [2.75, 3.05) is 12.4 Å². The first-order valence-corrected chi connectivity index (χ1v) is 10.6. The summed E-state index contributed by atoms with van der Waals surface area (Å²) >= 11 is 1.26. The number of ether oxygens (including phenoxy) is 1. The molecule has 1 fully saturated rings. The fourth-order valence-corrected chi connectivity index (χ4v) is 4.72. The molecule has 3 atom stereocenters. The molecule has 2 amide bonds. The van der Waals surface area contributed by atoms with E-state index < -0.39 is 46.0 Å². The topological polar surface area (TPSA) is 174 Å². The molecule has 2 aliphatic rings. The van der Waals surface area contributed by atoms with Crippen molar-refractivity contribution in [1.82, 2.24) is 20.0 Å². The molecule has 14 heteroatoms. The molecule has 0 bridgehead atoms. The second kappa shape index (κ2) is 8.98. The smallest absolute Gasteiger partial charge is 0.390 e. The summed E-state index contributed by atoms with van der Waals surface area (Å²) < 4.78 is 6.23. The van der Waals surface area contributed by atoms with Crippen LogP contribution in [0.5, 0.6) is 0 Å². The average molecular weight is 467 g/mol. The lowest BCUT2D eigenvalue weighted by Gasteiger charge is -2.49. The molecule has 172 valence electrons. The van der Waals surface area contributed by atoms with Crippen LogP contribution in [0.25, 0.3) is 0 Å². The molecule has 0 saturated carbocycles. The molecule has 0 radical (unpaired) electrons. The molecule has 32 heavy (non-hydrogen) atoms. The van der Waals surface area contributed by atoms with Gasteiger partial charge in [0, 0.05) is 18.2 Å². The van der Waals surface area contributed by atoms with E-state index in [-0.39, 0.29) is 30.4 Å². The lowest BCUT2D eigenvalue weighted by molar-refractivity contribution is -0.389. The Labute approximate surface area is 185 Å². The highest BCUT2D eigenvalue weighted by Crippen LogP contribution is 2.40. The zero-order chi connectivity index (χ0) is 23.7. The zero-order valence-corrected chi connectivity index (χ0v) is 18.2. The molecule has 0 spiro atoms. The number of nitrogens with zero attached hydrogens (tertiary/aromatic N) is 4. The third kappa shape index (κ3) is 4.44. The first-order chi connectivity index (χ1) is 15.0. The standard InChI is InChI=1S/C18H21N5O8S/c1-8(5-21-9(2)4-12(20-21)23(29)30)15(25)19-13-16(26)22-14(18(27)28)11(6-31-10(3)24)7-32-17(13)22/h4,8,13,17H,5-7H2,1-3H3,(H,19,25)(H,27,28)/t8-,13-,17+/m0/s1. The first kappa shape index (κ1) is 23.2. The summed E-state index contributed by atoms with van der Waals surface area (Å²) in [6, 6.07) is 0.386. The van der Waals surface area contributed by atoms with Crippen LogP contribution >= 0.6 is 11.8 Å². The minimum Gasteiger partial charge on any atom is -0.477 e. The molecule has 0 aliphatic carbocycles. The van der Waals surface area contributed by atoms with Crippen molar-refractivity contribution in [3.8, 4) is 0 Å². The number of nitro groups is 1. The van der Waals surface area contributed by atoms with Gasteiger partial charge in [-0.25, -0.2) is 4.79 Å². The molecule has 2 N–H and O–H groups in total. The van der Waals surface area contributed by atoms with Crippen molar-refractivity contribution in [1.29, 1.82) is 0 Å². The maximum atomic E-state index is 12.6. The first-order valence-electron chi connectivity index (χ1n) is 9.53. The molecule has 1 saturated heterocycles. The van der Waals surface area contributed by atoms with Gasteiger partial charge in [0.25, 0.3) is 5.91 Å². The van der Waals surface area contributed by atoms with E-state index in [1.807, 2.05) is 0 Å². The van der Waals surface area contributed by atoms with Crippen LogP contribution in [0.15, 0.2) is 17.3 Å². The van der Waals surface area contributed by atoms with E-state index in [0.717, 1.165) is 4.90 Å². The summed E-state index contributed by atoms with van der Waals surface area (Å²) in [5.74, 6) is -3.68. The van der Waals surface area contributed by atoms with Gasteiger partial charge in [-0.05, 0) is 11.8 Å². The Morgan fingerprint density at radius 2 is 2.16 bits per heavy atom. The number of thioether (sulfide) groups is 1. The quantitative estimate of drug-likeness (QED) is 0.230. The Hall–Kier alpha value is -3.42. The van der Waals surface area contributed by atoms with Crippen LogP contribution < -0.4 is 5.32 Å². The van der Waals surface area contributed by atoms with Crippen LogP contribution in [0.1, 0.15) is 19.5 Å². The number of aryl methyl sites for hydroxylation is 1. The van der Waals surface area contributed by atoms with E-state index in [4.69, 9.17) is 4.74 Å². The van der Waals surface area contributed by atoms with Crippen molar-refractivity contribution in [2.45, 2.75) is 38.7 Å². The van der Waals surface area contributed by atoms with Gasteiger partial charge >= 0.3 is 17.8 Å². The van der Waals surface area contributed by atoms with E-state index in [0.29, 0.717) is 11.3 Å². The van der Waals surface area contributed by atoms with Crippen LogP contribution in [0.3, 0.4) is 0 Å². The average Bonchev–Trinajstić information content (AvgIpc) is 3.09. The molecular weight excluding hydrogens is 446 g/mol. The fraction of sp³-hybridized carbons (Fsp3) is 0.500. The van der Waals surface area contributed by atoms with Crippen LogP contribution in [0.2, 0.25) is 0 Å². The molecule has 3 rings (SSSR count). The number of fused-ring (bicyclic) bond motifs is 1. The monoisotopic (exact) mass is 467 g/mol. The second-order valence-electron chi connectivity index (χ2n) is 7.42. The Morgan fingerprint density at radius 3 is 2.72 bits per heavy atom. The number of rotatable bonds is 8. The summed E-state index contributed by atoms with van der Waals surface area (Å²) in [6.45, 7) is 4.26. The van der Waals surface area contributed by atoms with E-state index in [1.165, 1.54) is 29.4 Å². The lowest BCUT2D eigenvalue weighted by atomic mass is 10.0. The van der Waals surface area contributed by atoms with Crippen molar-refractivity contribution in [3.05, 3.63) is 33.1 Å². The summed E-state index contributed by atoms with van der Waals surface area (Å²) in [5, 5.41) is 26.3.